The second-order valence-corrected chi connectivity index (χ2v) is 8.75. The molecule has 11 heteroatoms. The first kappa shape index (κ1) is 19.2. The number of methoxy groups -OCH3 is 1. The lowest BCUT2D eigenvalue weighted by atomic mass is 10.1. The normalized spacial score (nSPS) is 12.2. The number of benzene rings is 1. The zero-order valence-corrected chi connectivity index (χ0v) is 15.6. The molecule has 0 atom stereocenters. The minimum atomic E-state index is -4.89. The number of carbonyl (C=O) groups is 1. The van der Waals surface area contributed by atoms with Gasteiger partial charge in [-0.15, -0.1) is 11.3 Å². The van der Waals surface area contributed by atoms with E-state index in [0.29, 0.717) is 0 Å². The Balaban J connectivity index is 3.02. The molecule has 2 rings (SSSR count). The highest BCUT2D eigenvalue weighted by atomic mass is 79.9. The summed E-state index contributed by atoms with van der Waals surface area (Å²) >= 11 is 3.05. The number of rotatable bonds is 3. The first-order valence-corrected chi connectivity index (χ1v) is 9.92. The van der Waals surface area contributed by atoms with Gasteiger partial charge in [0.1, 0.15) is 14.6 Å². The summed E-state index contributed by atoms with van der Waals surface area (Å²) in [7, 11) is 1.59. The largest absolute Gasteiger partial charge is 0.465 e. The van der Waals surface area contributed by atoms with E-state index in [0.717, 1.165) is 7.11 Å². The van der Waals surface area contributed by atoms with E-state index in [9.17, 15) is 26.4 Å². The van der Waals surface area contributed by atoms with Crippen LogP contribution in [0.3, 0.4) is 0 Å². The maximum atomic E-state index is 13.4. The maximum absolute atomic E-state index is 13.4. The predicted octanol–water partition coefficient (Wildman–Crippen LogP) is 4.91. The minimum absolute atomic E-state index is 0.0278. The Kier molecular flexibility index (Phi) is 5.34. The highest BCUT2D eigenvalue weighted by Gasteiger charge is 2.43. The summed E-state index contributed by atoms with van der Waals surface area (Å²) in [5, 5.41) is 0. The fourth-order valence-corrected chi connectivity index (χ4v) is 5.34. The van der Waals surface area contributed by atoms with Crippen LogP contribution < -0.4 is 0 Å². The Labute approximate surface area is 151 Å². The molecule has 0 radical (unpaired) electrons. The summed E-state index contributed by atoms with van der Waals surface area (Å²) in [6.07, 6.45) is -4.89. The number of halogens is 5. The van der Waals surface area contributed by atoms with E-state index in [-0.39, 0.29) is 21.4 Å². The Morgan fingerprint density at radius 1 is 1.29 bits per heavy atom. The smallest absolute Gasteiger partial charge is 0.426 e. The topological polar surface area (TPSA) is 60.4 Å². The number of thiophene rings is 1. The maximum Gasteiger partial charge on any atom is 0.426 e. The van der Waals surface area contributed by atoms with Crippen molar-refractivity contribution in [1.82, 2.24) is 0 Å². The van der Waals surface area contributed by atoms with Gasteiger partial charge >= 0.3 is 12.1 Å². The van der Waals surface area contributed by atoms with Crippen LogP contribution in [0.5, 0.6) is 0 Å². The van der Waals surface area contributed by atoms with Crippen molar-refractivity contribution in [2.24, 2.45) is 0 Å². The van der Waals surface area contributed by atoms with Crippen molar-refractivity contribution >= 4 is 53.0 Å². The van der Waals surface area contributed by atoms with E-state index >= 15 is 0 Å². The summed E-state index contributed by atoms with van der Waals surface area (Å²) in [5.41, 5.74) is -0.745. The molecule has 24 heavy (non-hydrogen) atoms. The first-order valence-electron chi connectivity index (χ1n) is 6.00. The van der Waals surface area contributed by atoms with Crippen LogP contribution >= 0.6 is 37.9 Å². The van der Waals surface area contributed by atoms with Gasteiger partial charge in [-0.1, -0.05) is 34.1 Å². The van der Waals surface area contributed by atoms with Gasteiger partial charge in [0, 0.05) is 20.7 Å². The van der Waals surface area contributed by atoms with Gasteiger partial charge in [0.05, 0.1) is 7.11 Å². The average molecular weight is 464 g/mol. The van der Waals surface area contributed by atoms with Gasteiger partial charge in [0.15, 0.2) is 0 Å². The molecule has 0 saturated carbocycles. The quantitative estimate of drug-likeness (QED) is 0.479. The number of alkyl halides is 3. The Bertz CT molecular complexity index is 906. The van der Waals surface area contributed by atoms with Crippen LogP contribution in [-0.2, 0) is 20.0 Å². The monoisotopic (exact) mass is 462 g/mol. The van der Waals surface area contributed by atoms with Crippen molar-refractivity contribution < 1.29 is 31.1 Å². The lowest BCUT2D eigenvalue weighted by molar-refractivity contribution is -0.133. The summed E-state index contributed by atoms with van der Waals surface area (Å²) in [5.74, 6) is -1.22. The first-order chi connectivity index (χ1) is 11.0. The van der Waals surface area contributed by atoms with Crippen LogP contribution in [0.2, 0.25) is 0 Å². The fraction of sp³-hybridized carbons (Fsp3) is 0.154. The molecular formula is C13H7BrClF3O4S2. The molecule has 0 spiro atoms. The van der Waals surface area contributed by atoms with E-state index in [1.807, 2.05) is 0 Å². The minimum Gasteiger partial charge on any atom is -0.465 e. The van der Waals surface area contributed by atoms with E-state index in [4.69, 9.17) is 10.7 Å². The van der Waals surface area contributed by atoms with Gasteiger partial charge in [-0.05, 0) is 11.6 Å². The molecule has 0 aliphatic carbocycles. The predicted molar refractivity (Wildman–Crippen MR) is 86.8 cm³/mol. The van der Waals surface area contributed by atoms with Crippen molar-refractivity contribution in [1.29, 1.82) is 0 Å². The lowest BCUT2D eigenvalue weighted by Crippen LogP contribution is -2.06. The van der Waals surface area contributed by atoms with Crippen LogP contribution in [0.1, 0.15) is 14.5 Å². The van der Waals surface area contributed by atoms with Crippen molar-refractivity contribution in [3.05, 3.63) is 38.5 Å². The van der Waals surface area contributed by atoms with Gasteiger partial charge in [0.25, 0.3) is 9.05 Å². The highest BCUT2D eigenvalue weighted by molar-refractivity contribution is 9.10. The molecule has 4 nitrogen and oxygen atoms in total. The lowest BCUT2D eigenvalue weighted by Gasteiger charge is -2.11. The number of hydrogen-bond acceptors (Lipinski definition) is 5. The molecule has 0 fully saturated rings. The van der Waals surface area contributed by atoms with E-state index < -0.39 is 41.4 Å². The highest BCUT2D eigenvalue weighted by Crippen LogP contribution is 2.49. The standard InChI is InChI=1S/C13H7BrClF3O4S2/c1-22-12(19)9-10(24(15,20)21)8(11(23-9)13(16,17)18)6-4-2-3-5-7(6)14/h2-5H,1H3. The number of ether oxygens (including phenoxy) is 1. The molecule has 0 unspecified atom stereocenters. The molecule has 130 valence electrons. The molecule has 0 aliphatic heterocycles. The Morgan fingerprint density at radius 2 is 1.88 bits per heavy atom. The number of esters is 1. The van der Waals surface area contributed by atoms with Gasteiger partial charge in [-0.2, -0.15) is 13.2 Å². The molecule has 0 N–H and O–H groups in total. The molecule has 0 saturated heterocycles. The molecule has 1 aromatic heterocycles. The average Bonchev–Trinajstić information content (AvgIpc) is 2.87. The van der Waals surface area contributed by atoms with E-state index in [1.54, 1.807) is 6.07 Å². The molecule has 0 amide bonds. The van der Waals surface area contributed by atoms with Crippen LogP contribution in [0.25, 0.3) is 11.1 Å². The van der Waals surface area contributed by atoms with Crippen molar-refractivity contribution in [2.45, 2.75) is 11.1 Å². The zero-order chi connectivity index (χ0) is 18.3. The van der Waals surface area contributed by atoms with Crippen molar-refractivity contribution in [3.63, 3.8) is 0 Å². The van der Waals surface area contributed by atoms with Gasteiger partial charge in [-0.3, -0.25) is 0 Å². The van der Waals surface area contributed by atoms with Crippen molar-refractivity contribution in [2.75, 3.05) is 7.11 Å². The third-order valence-corrected chi connectivity index (χ3v) is 6.27. The zero-order valence-electron chi connectivity index (χ0n) is 11.6. The molecule has 1 heterocycles. The van der Waals surface area contributed by atoms with Gasteiger partial charge in [-0.25, -0.2) is 13.2 Å². The van der Waals surface area contributed by atoms with Gasteiger partial charge in [0.2, 0.25) is 0 Å². The van der Waals surface area contributed by atoms with E-state index in [1.165, 1.54) is 18.2 Å². The molecule has 0 aliphatic rings. The molecular weight excluding hydrogens is 457 g/mol. The fourth-order valence-electron chi connectivity index (χ4n) is 1.98. The van der Waals surface area contributed by atoms with Crippen LogP contribution in [-0.4, -0.2) is 21.5 Å². The van der Waals surface area contributed by atoms with Gasteiger partial charge < -0.3 is 4.74 Å². The Hall–Kier alpha value is -1.10. The molecule has 0 bridgehead atoms. The van der Waals surface area contributed by atoms with Crippen LogP contribution in [0.4, 0.5) is 13.2 Å². The summed E-state index contributed by atoms with van der Waals surface area (Å²) < 4.78 is 68.7. The third-order valence-electron chi connectivity index (χ3n) is 2.88. The third kappa shape index (κ3) is 3.61. The van der Waals surface area contributed by atoms with Crippen LogP contribution in [0, 0.1) is 0 Å². The van der Waals surface area contributed by atoms with Crippen molar-refractivity contribution in [3.8, 4) is 11.1 Å². The molecule has 1 aromatic carbocycles. The van der Waals surface area contributed by atoms with E-state index in [2.05, 4.69) is 20.7 Å². The summed E-state index contributed by atoms with van der Waals surface area (Å²) in [6, 6.07) is 5.70. The van der Waals surface area contributed by atoms with Crippen LogP contribution in [0.15, 0.2) is 33.6 Å². The molecule has 2 aromatic rings. The second kappa shape index (κ2) is 6.66. The summed E-state index contributed by atoms with van der Waals surface area (Å²) in [6.45, 7) is 0. The second-order valence-electron chi connectivity index (χ2n) is 4.37. The summed E-state index contributed by atoms with van der Waals surface area (Å²) in [4.78, 5) is 8.87. The SMILES string of the molecule is COC(=O)c1sc(C(F)(F)F)c(-c2ccccc2Br)c1S(=O)(=O)Cl. The number of hydrogen-bond donors (Lipinski definition) is 0. The number of carbonyl (C=O) groups excluding carboxylic acids is 1. The Morgan fingerprint density at radius 3 is 2.33 bits per heavy atom.